The number of rotatable bonds is 10. The SMILES string of the molecule is CC(=O)Oc1c[nH]c2ccc(C(=O)O)cc12.CC(=O)Oc1c[nH]c2ccc(O)cc12.CC(=O)n1cc(O[C@@H]2OC(CO)[C@@H](O)[C@H](O)C2O)c2ccccc21.Cc1c[nH]c2ccc(CCl)cc12.Cc1c[nH]c2ccc(CN)cc12.Cc1c[nH]c2ccc([N+](=O)[O-])cc12.Cc1cc([N+](=O)[O-])c2c(C)c[nH]c2c1. The number of halogens is 1. The molecule has 0 spiro atoms. The lowest BCUT2D eigenvalue weighted by molar-refractivity contribution is -0.384. The minimum Gasteiger partial charge on any atom is -0.508 e. The van der Waals surface area contributed by atoms with E-state index < -0.39 is 49.3 Å². The fourth-order valence-corrected chi connectivity index (χ4v) is 11.6. The summed E-state index contributed by atoms with van der Waals surface area (Å²) in [5, 5.41) is 84.3. The van der Waals surface area contributed by atoms with Gasteiger partial charge in [0.2, 0.25) is 12.2 Å². The maximum absolute atomic E-state index is 11.7. The van der Waals surface area contributed by atoms with E-state index in [4.69, 9.17) is 41.4 Å². The highest BCUT2D eigenvalue weighted by atomic mass is 35.5. The molecule has 14 N–H and O–H groups in total. The van der Waals surface area contributed by atoms with Crippen LogP contribution in [0.15, 0.2) is 171 Å². The number of nitro groups is 2. The number of carbonyl (C=O) groups excluding carboxylic acids is 3. The third-order valence-electron chi connectivity index (χ3n) is 16.8. The number of benzene rings is 7. The number of nitrogens with two attached hydrogens (primary N) is 1. The average Bonchev–Trinajstić information content (AvgIpc) is 1.66. The number of carboxylic acids is 1. The van der Waals surface area contributed by atoms with Crippen LogP contribution >= 0.6 is 11.6 Å². The van der Waals surface area contributed by atoms with Crippen LogP contribution in [-0.2, 0) is 26.8 Å². The van der Waals surface area contributed by atoms with E-state index in [-0.39, 0.29) is 50.2 Å². The van der Waals surface area contributed by atoms with Crippen molar-refractivity contribution in [3.05, 3.63) is 236 Å². The predicted molar refractivity (Wildman–Crippen MR) is 398 cm³/mol. The van der Waals surface area contributed by atoms with Crippen molar-refractivity contribution in [2.75, 3.05) is 6.61 Å². The van der Waals surface area contributed by atoms with Crippen molar-refractivity contribution in [1.82, 2.24) is 34.5 Å². The number of phenolic OH excluding ortho intramolecular Hbond substituents is 1. The zero-order chi connectivity index (χ0) is 76.1. The molecular weight excluding hydrogens is 1380 g/mol. The molecular formula is C76H77ClN10O18. The summed E-state index contributed by atoms with van der Waals surface area (Å²) in [5.41, 5.74) is 20.1. The minimum atomic E-state index is -1.53. The summed E-state index contributed by atoms with van der Waals surface area (Å²) in [6.07, 6.45) is 5.39. The van der Waals surface area contributed by atoms with Gasteiger partial charge in [0.1, 0.15) is 35.9 Å². The Kier molecular flexibility index (Phi) is 25.1. The molecule has 14 aromatic rings. The number of aromatic nitrogens is 7. The van der Waals surface area contributed by atoms with Gasteiger partial charge in [0, 0.05) is 148 Å². The fraction of sp³-hybridized carbons (Fsp3) is 0.211. The second-order valence-corrected chi connectivity index (χ2v) is 24.7. The van der Waals surface area contributed by atoms with E-state index >= 15 is 0 Å². The molecule has 1 saturated heterocycles. The number of aromatic carboxylic acids is 1. The van der Waals surface area contributed by atoms with Gasteiger partial charge >= 0.3 is 17.9 Å². The van der Waals surface area contributed by atoms with Crippen molar-refractivity contribution in [3.63, 3.8) is 0 Å². The predicted octanol–water partition coefficient (Wildman–Crippen LogP) is 13.3. The van der Waals surface area contributed by atoms with Gasteiger partial charge in [-0.25, -0.2) is 4.79 Å². The lowest BCUT2D eigenvalue weighted by Gasteiger charge is -2.39. The lowest BCUT2D eigenvalue weighted by atomic mass is 9.99. The largest absolute Gasteiger partial charge is 0.508 e. The first-order valence-electron chi connectivity index (χ1n) is 32.5. The van der Waals surface area contributed by atoms with Gasteiger partial charge in [0.15, 0.2) is 11.5 Å². The number of esters is 2. The number of nitrogens with zero attached hydrogens (tertiary/aromatic N) is 3. The highest BCUT2D eigenvalue weighted by Gasteiger charge is 2.45. The number of carboxylic acid groups (broad SMARTS) is 1. The first-order chi connectivity index (χ1) is 50.1. The number of aryl methyl sites for hydroxylation is 5. The Labute approximate surface area is 602 Å². The molecule has 1 aliphatic rings. The molecule has 7 aromatic carbocycles. The zero-order valence-electron chi connectivity index (χ0n) is 58.1. The van der Waals surface area contributed by atoms with Crippen molar-refractivity contribution >= 4 is 123 Å². The van der Waals surface area contributed by atoms with Crippen molar-refractivity contribution in [1.29, 1.82) is 0 Å². The summed E-state index contributed by atoms with van der Waals surface area (Å²) >= 11 is 5.74. The van der Waals surface area contributed by atoms with E-state index in [1.165, 1.54) is 100.0 Å². The van der Waals surface area contributed by atoms with Crippen LogP contribution in [0.5, 0.6) is 23.0 Å². The molecule has 29 heteroatoms. The van der Waals surface area contributed by atoms with E-state index in [0.717, 1.165) is 44.1 Å². The number of aliphatic hydroxyl groups excluding tert-OH is 4. The standard InChI is InChI=1S/C16H19NO7.C11H9NO4.C10H10ClN.C10H10N2O2.C10H12N2.C10H9NO3.C9H8N2O2/c1-8(19)17-6-11(9-4-2-3-5-10(9)17)23-16-15(22)14(21)13(20)12(7-18)24-16;1-6(13)16-10-5-12-9-3-2-7(11(14)15)4-8(9)10;1-7-6-12-10-3-2-8(5-11)4-9(7)10;1-6-3-8-10(7(2)5-11-8)9(4-6)12(13)14;1-7-6-12-10-3-2-8(5-11)4-9(7)10;1-6(12)14-10-5-11-9-3-2-7(13)4-8(9)10;1-6-5-10-9-3-2-7(11(12)13)4-8(6)9/h2-6,12-16,18,20-22H,7H2,1H3;2-5,12H,1H3,(H,14,15);2-4,6,12H,5H2,1H3;3-5,11H,1-2H3;2-4,6,12H,5,11H2,1H3;2-5,11,13H,1H3;2-5,10H,1H3/t12?,13-,14+,15?,16-;;;;;;/m1....../s1. The summed E-state index contributed by atoms with van der Waals surface area (Å²) in [4.78, 5) is 82.9. The number of hydrogen-bond donors (Lipinski definition) is 13. The fourth-order valence-electron chi connectivity index (χ4n) is 11.5. The van der Waals surface area contributed by atoms with E-state index in [2.05, 4.69) is 74.1 Å². The molecule has 8 heterocycles. The molecule has 0 radical (unpaired) electrons. The molecule has 105 heavy (non-hydrogen) atoms. The minimum absolute atomic E-state index is 0.134. The van der Waals surface area contributed by atoms with E-state index in [0.29, 0.717) is 51.0 Å². The first kappa shape index (κ1) is 77.0. The molecule has 1 fully saturated rings. The number of aliphatic hydroxyl groups is 4. The van der Waals surface area contributed by atoms with Gasteiger partial charge in [-0.05, 0) is 158 Å². The molecule has 0 saturated carbocycles. The third kappa shape index (κ3) is 18.6. The average molecular weight is 1450 g/mol. The summed E-state index contributed by atoms with van der Waals surface area (Å²) in [6.45, 7) is 13.9. The summed E-state index contributed by atoms with van der Waals surface area (Å²) in [7, 11) is 0. The number of para-hydroxylation sites is 1. The Morgan fingerprint density at radius 3 is 1.61 bits per heavy atom. The molecule has 546 valence electrons. The van der Waals surface area contributed by atoms with Crippen LogP contribution in [0.25, 0.3) is 76.3 Å². The first-order valence-corrected chi connectivity index (χ1v) is 33.0. The molecule has 15 rings (SSSR count). The van der Waals surface area contributed by atoms with Gasteiger partial charge in [-0.1, -0.05) is 24.3 Å². The highest BCUT2D eigenvalue weighted by Crippen LogP contribution is 2.34. The molecule has 0 amide bonds. The topological polar surface area (TPSA) is 439 Å². The second-order valence-electron chi connectivity index (χ2n) is 24.4. The molecule has 7 aromatic heterocycles. The molecule has 2 unspecified atom stereocenters. The monoisotopic (exact) mass is 1450 g/mol. The maximum Gasteiger partial charge on any atom is 0.335 e. The van der Waals surface area contributed by atoms with E-state index in [1.54, 1.807) is 79.1 Å². The normalized spacial score (nSPS) is 15.1. The van der Waals surface area contributed by atoms with Crippen LogP contribution in [0.4, 0.5) is 11.4 Å². The summed E-state index contributed by atoms with van der Waals surface area (Å²) in [6, 6.07) is 37.3. The smallest absolute Gasteiger partial charge is 0.335 e. The number of nitro benzene ring substituents is 2. The van der Waals surface area contributed by atoms with Gasteiger partial charge in [0.25, 0.3) is 11.4 Å². The third-order valence-corrected chi connectivity index (χ3v) is 17.1. The Balaban J connectivity index is 0.000000144. The number of carbonyl (C=O) groups is 4. The van der Waals surface area contributed by atoms with Crippen LogP contribution in [0.2, 0.25) is 0 Å². The maximum atomic E-state index is 11.7. The molecule has 1 aliphatic heterocycles. The van der Waals surface area contributed by atoms with Crippen LogP contribution in [-0.4, -0.2) is 136 Å². The molecule has 28 nitrogen and oxygen atoms in total. The number of phenols is 1. The van der Waals surface area contributed by atoms with Gasteiger partial charge in [-0.3, -0.25) is 39.2 Å². The number of H-pyrrole nitrogens is 6. The Bertz CT molecular complexity index is 5390. The molecule has 0 bridgehead atoms. The number of alkyl halides is 1. The lowest BCUT2D eigenvalue weighted by Crippen LogP contribution is -2.60. The molecule has 5 atom stereocenters. The Hall–Kier alpha value is -12.2. The van der Waals surface area contributed by atoms with Crippen molar-refractivity contribution in [3.8, 4) is 23.0 Å². The Morgan fingerprint density at radius 2 is 1.07 bits per heavy atom. The van der Waals surface area contributed by atoms with Crippen LogP contribution in [0.1, 0.15) is 74.9 Å². The van der Waals surface area contributed by atoms with Gasteiger partial charge in [0.05, 0.1) is 44.6 Å². The van der Waals surface area contributed by atoms with Crippen molar-refractivity contribution in [2.24, 2.45) is 5.73 Å². The summed E-state index contributed by atoms with van der Waals surface area (Å²) < 4.78 is 22.2. The number of hydrogen-bond acceptors (Lipinski definition) is 18. The number of ether oxygens (including phenoxy) is 4. The zero-order valence-corrected chi connectivity index (χ0v) is 58.8. The number of aromatic hydroxyl groups is 1. The van der Waals surface area contributed by atoms with Gasteiger partial charge in [-0.15, -0.1) is 11.6 Å². The number of non-ortho nitro benzene ring substituents is 2. The number of aromatic amines is 6. The van der Waals surface area contributed by atoms with Crippen LogP contribution in [0, 0.1) is 54.8 Å². The number of nitrogens with one attached hydrogen (secondary N) is 6. The number of fused-ring (bicyclic) bond motifs is 7. The second kappa shape index (κ2) is 34.2. The highest BCUT2D eigenvalue weighted by molar-refractivity contribution is 6.17. The quantitative estimate of drug-likeness (QED) is 0.0262. The molecule has 0 aliphatic carbocycles. The van der Waals surface area contributed by atoms with Crippen molar-refractivity contribution < 1.29 is 78.6 Å². The van der Waals surface area contributed by atoms with Gasteiger partial charge in [-0.2, -0.15) is 0 Å². The van der Waals surface area contributed by atoms with Gasteiger partial charge < -0.3 is 85.2 Å². The van der Waals surface area contributed by atoms with Crippen LogP contribution in [0.3, 0.4) is 0 Å². The van der Waals surface area contributed by atoms with Crippen LogP contribution < -0.4 is 19.9 Å². The van der Waals surface area contributed by atoms with Crippen molar-refractivity contribution in [2.45, 2.75) is 98.5 Å². The van der Waals surface area contributed by atoms with E-state index in [1.807, 2.05) is 51.5 Å². The summed E-state index contributed by atoms with van der Waals surface area (Å²) in [5.74, 6) is -0.271. The Morgan fingerprint density at radius 1 is 0.562 bits per heavy atom. The van der Waals surface area contributed by atoms with E-state index in [9.17, 15) is 64.9 Å².